The van der Waals surface area contributed by atoms with Crippen molar-refractivity contribution in [2.24, 2.45) is 11.3 Å². The van der Waals surface area contributed by atoms with E-state index in [9.17, 15) is 5.11 Å². The van der Waals surface area contributed by atoms with Gasteiger partial charge in [-0.15, -0.1) is 0 Å². The molecule has 1 aromatic rings. The molecule has 1 aromatic carbocycles. The summed E-state index contributed by atoms with van der Waals surface area (Å²) in [7, 11) is 0. The Balaban J connectivity index is 2.02. The van der Waals surface area contributed by atoms with Gasteiger partial charge in [-0.2, -0.15) is 0 Å². The zero-order valence-electron chi connectivity index (χ0n) is 11.6. The van der Waals surface area contributed by atoms with Crippen molar-refractivity contribution in [1.82, 2.24) is 0 Å². The fourth-order valence-corrected chi connectivity index (χ4v) is 2.70. The maximum absolute atomic E-state index is 10.1. The quantitative estimate of drug-likeness (QED) is 0.865. The van der Waals surface area contributed by atoms with E-state index in [2.05, 4.69) is 20.8 Å². The Hall–Kier alpha value is -1.02. The number of aliphatic hydroxyl groups excluding tert-OH is 1. The molecule has 0 saturated heterocycles. The molecule has 2 heteroatoms. The molecule has 0 aromatic heterocycles. The summed E-state index contributed by atoms with van der Waals surface area (Å²) in [6.45, 7) is 6.82. The van der Waals surface area contributed by atoms with Crippen LogP contribution in [0.3, 0.4) is 0 Å². The van der Waals surface area contributed by atoms with Crippen LogP contribution < -0.4 is 4.74 Å². The van der Waals surface area contributed by atoms with Gasteiger partial charge in [-0.1, -0.05) is 39.0 Å². The number of hydrogen-bond acceptors (Lipinski definition) is 2. The summed E-state index contributed by atoms with van der Waals surface area (Å²) in [4.78, 5) is 0. The SMILES string of the molecule is CC(C)(C)[C@H]1CC[C@H](O)[C@H](Oc2ccccc2)C1. The number of aliphatic hydroxyl groups is 1. The first-order chi connectivity index (χ1) is 8.47. The van der Waals surface area contributed by atoms with Crippen molar-refractivity contribution in [3.8, 4) is 5.75 Å². The van der Waals surface area contributed by atoms with Gasteiger partial charge in [0.25, 0.3) is 0 Å². The standard InChI is InChI=1S/C16H24O2/c1-16(2,3)12-9-10-14(17)15(11-12)18-13-7-5-4-6-8-13/h4-8,12,14-15,17H,9-11H2,1-3H3/t12-,14-,15+/m0/s1. The van der Waals surface area contributed by atoms with Gasteiger partial charge in [0, 0.05) is 0 Å². The van der Waals surface area contributed by atoms with Gasteiger partial charge in [-0.25, -0.2) is 0 Å². The molecule has 0 radical (unpaired) electrons. The molecule has 0 amide bonds. The van der Waals surface area contributed by atoms with Crippen molar-refractivity contribution in [2.75, 3.05) is 0 Å². The van der Waals surface area contributed by atoms with Crippen LogP contribution in [0.1, 0.15) is 40.0 Å². The third-order valence-electron chi connectivity index (χ3n) is 4.01. The number of benzene rings is 1. The summed E-state index contributed by atoms with van der Waals surface area (Å²) in [5.74, 6) is 1.48. The molecule has 0 aliphatic heterocycles. The topological polar surface area (TPSA) is 29.5 Å². The van der Waals surface area contributed by atoms with Gasteiger partial charge >= 0.3 is 0 Å². The lowest BCUT2D eigenvalue weighted by Crippen LogP contribution is -2.41. The van der Waals surface area contributed by atoms with Crippen LogP contribution in [0.5, 0.6) is 5.75 Å². The number of ether oxygens (including phenoxy) is 1. The lowest BCUT2D eigenvalue weighted by Gasteiger charge is -2.39. The maximum Gasteiger partial charge on any atom is 0.125 e. The molecule has 0 unspecified atom stereocenters. The second-order valence-electron chi connectivity index (χ2n) is 6.41. The number of hydrogen-bond donors (Lipinski definition) is 1. The third kappa shape index (κ3) is 3.26. The van der Waals surface area contributed by atoms with Crippen LogP contribution in [0, 0.1) is 11.3 Å². The first-order valence-corrected chi connectivity index (χ1v) is 6.86. The summed E-state index contributed by atoms with van der Waals surface area (Å²) in [5, 5.41) is 10.1. The summed E-state index contributed by atoms with van der Waals surface area (Å²) in [5.41, 5.74) is 0.290. The average Bonchev–Trinajstić information content (AvgIpc) is 2.32. The van der Waals surface area contributed by atoms with Crippen LogP contribution in [0.2, 0.25) is 0 Å². The van der Waals surface area contributed by atoms with E-state index in [0.29, 0.717) is 11.3 Å². The lowest BCUT2D eigenvalue weighted by atomic mass is 9.71. The first kappa shape index (κ1) is 13.4. The van der Waals surface area contributed by atoms with E-state index in [1.54, 1.807) is 0 Å². The van der Waals surface area contributed by atoms with E-state index in [0.717, 1.165) is 25.0 Å². The fraction of sp³-hybridized carbons (Fsp3) is 0.625. The highest BCUT2D eigenvalue weighted by Crippen LogP contribution is 2.39. The zero-order valence-corrected chi connectivity index (χ0v) is 11.6. The van der Waals surface area contributed by atoms with Gasteiger partial charge in [0.1, 0.15) is 11.9 Å². The van der Waals surface area contributed by atoms with Crippen LogP contribution in [-0.2, 0) is 0 Å². The molecule has 0 bridgehead atoms. The van der Waals surface area contributed by atoms with E-state index < -0.39 is 0 Å². The molecule has 2 nitrogen and oxygen atoms in total. The maximum atomic E-state index is 10.1. The van der Waals surface area contributed by atoms with Crippen molar-refractivity contribution in [3.63, 3.8) is 0 Å². The van der Waals surface area contributed by atoms with Crippen molar-refractivity contribution in [1.29, 1.82) is 0 Å². The van der Waals surface area contributed by atoms with Crippen LogP contribution in [0.25, 0.3) is 0 Å². The molecule has 0 spiro atoms. The smallest absolute Gasteiger partial charge is 0.125 e. The minimum absolute atomic E-state index is 0.0645. The monoisotopic (exact) mass is 248 g/mol. The Labute approximate surface area is 110 Å². The molecule has 18 heavy (non-hydrogen) atoms. The number of para-hydroxylation sites is 1. The van der Waals surface area contributed by atoms with E-state index >= 15 is 0 Å². The molecule has 1 aliphatic carbocycles. The zero-order chi connectivity index (χ0) is 13.2. The highest BCUT2D eigenvalue weighted by molar-refractivity contribution is 5.21. The lowest BCUT2D eigenvalue weighted by molar-refractivity contribution is -0.0297. The van der Waals surface area contributed by atoms with Crippen LogP contribution >= 0.6 is 0 Å². The van der Waals surface area contributed by atoms with Crippen molar-refractivity contribution in [3.05, 3.63) is 30.3 Å². The van der Waals surface area contributed by atoms with E-state index in [-0.39, 0.29) is 12.2 Å². The normalized spacial score (nSPS) is 29.0. The van der Waals surface area contributed by atoms with Gasteiger partial charge < -0.3 is 9.84 Å². The van der Waals surface area contributed by atoms with Gasteiger partial charge in [-0.05, 0) is 42.7 Å². The third-order valence-corrected chi connectivity index (χ3v) is 4.01. The predicted octanol–water partition coefficient (Wildman–Crippen LogP) is 3.64. The van der Waals surface area contributed by atoms with Crippen molar-refractivity contribution >= 4 is 0 Å². The fourth-order valence-electron chi connectivity index (χ4n) is 2.70. The van der Waals surface area contributed by atoms with Crippen LogP contribution in [0.4, 0.5) is 0 Å². The molecular weight excluding hydrogens is 224 g/mol. The number of rotatable bonds is 2. The summed E-state index contributed by atoms with van der Waals surface area (Å²) >= 11 is 0. The molecule has 3 atom stereocenters. The van der Waals surface area contributed by atoms with Gasteiger partial charge in [0.15, 0.2) is 0 Å². The van der Waals surface area contributed by atoms with Crippen LogP contribution in [-0.4, -0.2) is 17.3 Å². The summed E-state index contributed by atoms with van der Waals surface area (Å²) in [6.07, 6.45) is 2.49. The van der Waals surface area contributed by atoms with Gasteiger partial charge in [-0.3, -0.25) is 0 Å². The molecule has 1 saturated carbocycles. The average molecular weight is 248 g/mol. The first-order valence-electron chi connectivity index (χ1n) is 6.86. The molecule has 1 fully saturated rings. The van der Waals surface area contributed by atoms with Gasteiger partial charge in [0.2, 0.25) is 0 Å². The molecule has 0 heterocycles. The van der Waals surface area contributed by atoms with E-state index in [4.69, 9.17) is 4.74 Å². The second kappa shape index (κ2) is 5.31. The molecular formula is C16H24O2. The highest BCUT2D eigenvalue weighted by Gasteiger charge is 2.36. The Bertz CT molecular complexity index is 366. The Morgan fingerprint density at radius 1 is 1.11 bits per heavy atom. The molecule has 100 valence electrons. The van der Waals surface area contributed by atoms with Gasteiger partial charge in [0.05, 0.1) is 6.10 Å². The minimum atomic E-state index is -0.330. The van der Waals surface area contributed by atoms with Crippen molar-refractivity contribution in [2.45, 2.75) is 52.2 Å². The Kier molecular flexibility index (Phi) is 3.96. The van der Waals surface area contributed by atoms with Crippen LogP contribution in [0.15, 0.2) is 30.3 Å². The van der Waals surface area contributed by atoms with E-state index in [1.807, 2.05) is 30.3 Å². The molecule has 1 N–H and O–H groups in total. The Morgan fingerprint density at radius 2 is 1.78 bits per heavy atom. The predicted molar refractivity (Wildman–Crippen MR) is 73.7 cm³/mol. The second-order valence-corrected chi connectivity index (χ2v) is 6.41. The molecule has 1 aliphatic rings. The Morgan fingerprint density at radius 3 is 2.39 bits per heavy atom. The van der Waals surface area contributed by atoms with E-state index in [1.165, 1.54) is 0 Å². The largest absolute Gasteiger partial charge is 0.488 e. The summed E-state index contributed by atoms with van der Waals surface area (Å²) in [6, 6.07) is 9.81. The highest BCUT2D eigenvalue weighted by atomic mass is 16.5. The summed E-state index contributed by atoms with van der Waals surface area (Å²) < 4.78 is 5.94. The minimum Gasteiger partial charge on any atom is -0.488 e. The van der Waals surface area contributed by atoms with Crippen molar-refractivity contribution < 1.29 is 9.84 Å². The molecule has 2 rings (SSSR count).